The van der Waals surface area contributed by atoms with Gasteiger partial charge in [0.25, 0.3) is 0 Å². The van der Waals surface area contributed by atoms with Crippen molar-refractivity contribution in [1.82, 2.24) is 0 Å². The van der Waals surface area contributed by atoms with Crippen LogP contribution in [0.3, 0.4) is 0 Å². The van der Waals surface area contributed by atoms with E-state index in [9.17, 15) is 0 Å². The van der Waals surface area contributed by atoms with Gasteiger partial charge in [0, 0.05) is 6.04 Å². The van der Waals surface area contributed by atoms with E-state index in [2.05, 4.69) is 34.6 Å². The number of hydrogen-bond donors (Lipinski definition) is 1. The average Bonchev–Trinajstić information content (AvgIpc) is 1.59. The molecular formula is C9H21N. The van der Waals surface area contributed by atoms with Gasteiger partial charge < -0.3 is 5.73 Å². The van der Waals surface area contributed by atoms with Crippen LogP contribution in [0.1, 0.15) is 34.6 Å². The van der Waals surface area contributed by atoms with Gasteiger partial charge in [-0.25, -0.2) is 0 Å². The molecule has 0 rings (SSSR count). The fourth-order valence-corrected chi connectivity index (χ4v) is 1.98. The summed E-state index contributed by atoms with van der Waals surface area (Å²) in [6.45, 7) is 11.1. The SMILES string of the molecule is CC(C)C(C(C)C)C(C)N. The molecule has 0 radical (unpaired) electrons. The summed E-state index contributed by atoms with van der Waals surface area (Å²) in [5, 5.41) is 0. The molecule has 62 valence electrons. The molecule has 0 aromatic carbocycles. The largest absolute Gasteiger partial charge is 0.328 e. The van der Waals surface area contributed by atoms with Crippen LogP contribution in [0.15, 0.2) is 0 Å². The van der Waals surface area contributed by atoms with E-state index in [1.807, 2.05) is 0 Å². The molecule has 0 spiro atoms. The fraction of sp³-hybridized carbons (Fsp3) is 1.00. The second kappa shape index (κ2) is 3.97. The molecule has 1 nitrogen and oxygen atoms in total. The zero-order chi connectivity index (χ0) is 8.31. The molecule has 0 aliphatic carbocycles. The van der Waals surface area contributed by atoms with Gasteiger partial charge in [0.1, 0.15) is 0 Å². The van der Waals surface area contributed by atoms with Gasteiger partial charge in [-0.2, -0.15) is 0 Å². The first-order valence-electron chi connectivity index (χ1n) is 4.22. The average molecular weight is 143 g/mol. The predicted octanol–water partition coefficient (Wildman–Crippen LogP) is 2.26. The predicted molar refractivity (Wildman–Crippen MR) is 46.8 cm³/mol. The minimum Gasteiger partial charge on any atom is -0.328 e. The lowest BCUT2D eigenvalue weighted by molar-refractivity contribution is 0.248. The van der Waals surface area contributed by atoms with Crippen LogP contribution < -0.4 is 5.73 Å². The Kier molecular flexibility index (Phi) is 3.95. The minimum atomic E-state index is 0.333. The topological polar surface area (TPSA) is 26.0 Å². The molecule has 1 atom stereocenters. The molecule has 1 unspecified atom stereocenters. The van der Waals surface area contributed by atoms with E-state index in [0.717, 1.165) is 0 Å². The van der Waals surface area contributed by atoms with E-state index >= 15 is 0 Å². The third kappa shape index (κ3) is 2.70. The highest BCUT2D eigenvalue weighted by Gasteiger charge is 2.20. The summed E-state index contributed by atoms with van der Waals surface area (Å²) in [5.74, 6) is 2.08. The molecule has 10 heavy (non-hydrogen) atoms. The molecule has 0 aliphatic heterocycles. The maximum absolute atomic E-state index is 5.84. The van der Waals surface area contributed by atoms with E-state index in [1.54, 1.807) is 0 Å². The molecule has 0 amide bonds. The molecule has 0 aliphatic rings. The summed E-state index contributed by atoms with van der Waals surface area (Å²) in [4.78, 5) is 0. The quantitative estimate of drug-likeness (QED) is 0.644. The van der Waals surface area contributed by atoms with Crippen molar-refractivity contribution in [2.75, 3.05) is 0 Å². The summed E-state index contributed by atoms with van der Waals surface area (Å²) >= 11 is 0. The van der Waals surface area contributed by atoms with Crippen LogP contribution in [-0.4, -0.2) is 6.04 Å². The fourth-order valence-electron chi connectivity index (χ4n) is 1.98. The van der Waals surface area contributed by atoms with Gasteiger partial charge in [-0.1, -0.05) is 27.7 Å². The van der Waals surface area contributed by atoms with Crippen molar-refractivity contribution in [3.8, 4) is 0 Å². The Morgan fingerprint density at radius 1 is 0.800 bits per heavy atom. The second-order valence-electron chi connectivity index (χ2n) is 3.92. The highest BCUT2D eigenvalue weighted by atomic mass is 14.6. The highest BCUT2D eigenvalue weighted by molar-refractivity contribution is 4.74. The monoisotopic (exact) mass is 143 g/mol. The molecule has 0 heterocycles. The van der Waals surface area contributed by atoms with Crippen LogP contribution in [0.4, 0.5) is 0 Å². The Balaban J connectivity index is 3.98. The lowest BCUT2D eigenvalue weighted by Crippen LogP contribution is -2.34. The molecular weight excluding hydrogens is 122 g/mol. The van der Waals surface area contributed by atoms with Gasteiger partial charge in [-0.05, 0) is 24.7 Å². The highest BCUT2D eigenvalue weighted by Crippen LogP contribution is 2.22. The Morgan fingerprint density at radius 3 is 1.10 bits per heavy atom. The van der Waals surface area contributed by atoms with E-state index < -0.39 is 0 Å². The molecule has 1 heteroatoms. The van der Waals surface area contributed by atoms with Gasteiger partial charge >= 0.3 is 0 Å². The third-order valence-electron chi connectivity index (χ3n) is 2.15. The Bertz CT molecular complexity index is 65.7. The van der Waals surface area contributed by atoms with E-state index in [1.165, 1.54) is 0 Å². The zero-order valence-corrected chi connectivity index (χ0v) is 7.89. The lowest BCUT2D eigenvalue weighted by atomic mass is 9.81. The lowest BCUT2D eigenvalue weighted by Gasteiger charge is -2.28. The van der Waals surface area contributed by atoms with Crippen molar-refractivity contribution >= 4 is 0 Å². The molecule has 0 saturated heterocycles. The van der Waals surface area contributed by atoms with Gasteiger partial charge in [0.2, 0.25) is 0 Å². The van der Waals surface area contributed by atoms with E-state index in [4.69, 9.17) is 5.73 Å². The maximum atomic E-state index is 5.84. The number of hydrogen-bond acceptors (Lipinski definition) is 1. The van der Waals surface area contributed by atoms with Crippen molar-refractivity contribution < 1.29 is 0 Å². The molecule has 0 bridgehead atoms. The normalized spacial score (nSPS) is 15.3. The molecule has 0 aromatic heterocycles. The molecule has 2 N–H and O–H groups in total. The summed E-state index contributed by atoms with van der Waals surface area (Å²) in [6, 6.07) is 0.333. The van der Waals surface area contributed by atoms with E-state index in [0.29, 0.717) is 23.8 Å². The van der Waals surface area contributed by atoms with Crippen LogP contribution in [0.5, 0.6) is 0 Å². The standard InChI is InChI=1S/C9H21N/c1-6(2)9(7(3)4)8(5)10/h6-9H,10H2,1-5H3. The summed E-state index contributed by atoms with van der Waals surface area (Å²) in [7, 11) is 0. The second-order valence-corrected chi connectivity index (χ2v) is 3.92. The van der Waals surface area contributed by atoms with Crippen LogP contribution in [0.25, 0.3) is 0 Å². The first-order chi connectivity index (χ1) is 4.46. The molecule has 0 aromatic rings. The van der Waals surface area contributed by atoms with Crippen LogP contribution in [0, 0.1) is 17.8 Å². The van der Waals surface area contributed by atoms with Gasteiger partial charge in [0.05, 0.1) is 0 Å². The van der Waals surface area contributed by atoms with Crippen molar-refractivity contribution in [2.45, 2.75) is 40.7 Å². The van der Waals surface area contributed by atoms with Crippen LogP contribution in [0.2, 0.25) is 0 Å². The minimum absolute atomic E-state index is 0.333. The van der Waals surface area contributed by atoms with Crippen molar-refractivity contribution in [2.24, 2.45) is 23.5 Å². The Morgan fingerprint density at radius 2 is 1.10 bits per heavy atom. The van der Waals surface area contributed by atoms with Crippen molar-refractivity contribution in [1.29, 1.82) is 0 Å². The molecule has 0 saturated carbocycles. The van der Waals surface area contributed by atoms with Crippen LogP contribution >= 0.6 is 0 Å². The first kappa shape index (κ1) is 9.96. The smallest absolute Gasteiger partial charge is 0.00436 e. The van der Waals surface area contributed by atoms with Crippen molar-refractivity contribution in [3.63, 3.8) is 0 Å². The summed E-state index contributed by atoms with van der Waals surface area (Å²) in [6.07, 6.45) is 0. The van der Waals surface area contributed by atoms with Gasteiger partial charge in [-0.15, -0.1) is 0 Å². The number of nitrogens with two attached hydrogens (primary N) is 1. The van der Waals surface area contributed by atoms with E-state index in [-0.39, 0.29) is 0 Å². The van der Waals surface area contributed by atoms with Crippen molar-refractivity contribution in [3.05, 3.63) is 0 Å². The maximum Gasteiger partial charge on any atom is 0.00436 e. The Hall–Kier alpha value is -0.0400. The van der Waals surface area contributed by atoms with Gasteiger partial charge in [0.15, 0.2) is 0 Å². The molecule has 0 fully saturated rings. The third-order valence-corrected chi connectivity index (χ3v) is 2.15. The summed E-state index contributed by atoms with van der Waals surface area (Å²) < 4.78 is 0. The van der Waals surface area contributed by atoms with Crippen LogP contribution in [-0.2, 0) is 0 Å². The first-order valence-corrected chi connectivity index (χ1v) is 4.22. The summed E-state index contributed by atoms with van der Waals surface area (Å²) in [5.41, 5.74) is 5.84. The Labute approximate surface area is 65.0 Å². The van der Waals surface area contributed by atoms with Gasteiger partial charge in [-0.3, -0.25) is 0 Å². The number of rotatable bonds is 3. The zero-order valence-electron chi connectivity index (χ0n) is 7.89.